The van der Waals surface area contributed by atoms with Crippen LogP contribution in [0.3, 0.4) is 0 Å². The lowest BCUT2D eigenvalue weighted by Crippen LogP contribution is -2.18. The standard InChI is InChI=1S/C30H42Br2/c1-3-5-7-9-11-13-15-25-26(16-14-12-10-8-6-4-2)30-22-24(32)18-20-28(30)27-19-17-23(31)21-29(25)27/h17-22,25-26H,3-16H2,1-2H3. The smallest absolute Gasteiger partial charge is 0.0178 e. The molecule has 0 aliphatic heterocycles. The predicted octanol–water partition coefficient (Wildman–Crippen LogP) is 11.6. The monoisotopic (exact) mass is 560 g/mol. The Balaban J connectivity index is 1.80. The van der Waals surface area contributed by atoms with Gasteiger partial charge >= 0.3 is 0 Å². The first-order chi connectivity index (χ1) is 15.7. The van der Waals surface area contributed by atoms with Crippen molar-refractivity contribution in [3.63, 3.8) is 0 Å². The second-order valence-corrected chi connectivity index (χ2v) is 11.6. The SMILES string of the molecule is CCCCCCCCC1c2cc(Br)ccc2-c2ccc(Br)cc2C1CCCCCCCC. The fourth-order valence-electron chi connectivity index (χ4n) is 5.61. The molecule has 0 spiro atoms. The molecule has 0 nitrogen and oxygen atoms in total. The van der Waals surface area contributed by atoms with Crippen LogP contribution in [-0.4, -0.2) is 0 Å². The van der Waals surface area contributed by atoms with E-state index in [4.69, 9.17) is 0 Å². The van der Waals surface area contributed by atoms with E-state index in [1.54, 1.807) is 11.1 Å². The number of hydrogen-bond acceptors (Lipinski definition) is 0. The molecular weight excluding hydrogens is 520 g/mol. The van der Waals surface area contributed by atoms with Crippen LogP contribution in [0.1, 0.15) is 127 Å². The predicted molar refractivity (Wildman–Crippen MR) is 149 cm³/mol. The third-order valence-corrected chi connectivity index (χ3v) is 8.33. The van der Waals surface area contributed by atoms with E-state index in [9.17, 15) is 0 Å². The van der Waals surface area contributed by atoms with Crippen molar-refractivity contribution < 1.29 is 0 Å². The number of halogens is 2. The molecule has 0 fully saturated rings. The first kappa shape index (κ1) is 26.0. The van der Waals surface area contributed by atoms with Crippen LogP contribution in [0.15, 0.2) is 45.3 Å². The van der Waals surface area contributed by atoms with Crippen LogP contribution in [-0.2, 0) is 0 Å². The van der Waals surface area contributed by atoms with Gasteiger partial charge in [0.05, 0.1) is 0 Å². The van der Waals surface area contributed by atoms with Gasteiger partial charge in [-0.3, -0.25) is 0 Å². The van der Waals surface area contributed by atoms with Crippen LogP contribution in [0.5, 0.6) is 0 Å². The molecule has 3 rings (SSSR count). The molecule has 0 aromatic heterocycles. The van der Waals surface area contributed by atoms with E-state index in [0.29, 0.717) is 11.8 Å². The Morgan fingerprint density at radius 2 is 0.906 bits per heavy atom. The van der Waals surface area contributed by atoms with Crippen LogP contribution in [0.25, 0.3) is 11.1 Å². The summed E-state index contributed by atoms with van der Waals surface area (Å²) in [7, 11) is 0. The maximum absolute atomic E-state index is 3.78. The zero-order valence-corrected chi connectivity index (χ0v) is 23.4. The molecule has 2 unspecified atom stereocenters. The van der Waals surface area contributed by atoms with Crippen LogP contribution in [0, 0.1) is 0 Å². The van der Waals surface area contributed by atoms with Gasteiger partial charge in [-0.15, -0.1) is 0 Å². The second-order valence-electron chi connectivity index (χ2n) is 9.79. The van der Waals surface area contributed by atoms with Gasteiger partial charge in [-0.1, -0.05) is 135 Å². The van der Waals surface area contributed by atoms with Crippen LogP contribution < -0.4 is 0 Å². The minimum absolute atomic E-state index is 0.645. The first-order valence-electron chi connectivity index (χ1n) is 13.2. The highest BCUT2D eigenvalue weighted by molar-refractivity contribution is 9.10. The van der Waals surface area contributed by atoms with Gasteiger partial charge < -0.3 is 0 Å². The van der Waals surface area contributed by atoms with Gasteiger partial charge in [0.1, 0.15) is 0 Å². The molecule has 0 saturated carbocycles. The van der Waals surface area contributed by atoms with Crippen molar-refractivity contribution in [3.8, 4) is 11.1 Å². The molecular formula is C30H42Br2. The molecule has 0 amide bonds. The molecule has 2 aromatic carbocycles. The van der Waals surface area contributed by atoms with Crippen molar-refractivity contribution >= 4 is 31.9 Å². The van der Waals surface area contributed by atoms with E-state index in [1.165, 1.54) is 110 Å². The summed E-state index contributed by atoms with van der Waals surface area (Å²) in [6.07, 6.45) is 19.2. The van der Waals surface area contributed by atoms with Gasteiger partial charge in [-0.05, 0) is 71.2 Å². The van der Waals surface area contributed by atoms with Crippen molar-refractivity contribution in [2.24, 2.45) is 0 Å². The molecule has 2 heteroatoms. The molecule has 2 atom stereocenters. The third-order valence-electron chi connectivity index (χ3n) is 7.34. The molecule has 2 aromatic rings. The lowest BCUT2D eigenvalue weighted by atomic mass is 9.68. The van der Waals surface area contributed by atoms with Gasteiger partial charge in [0.15, 0.2) is 0 Å². The molecule has 0 radical (unpaired) electrons. The maximum Gasteiger partial charge on any atom is 0.0178 e. The maximum atomic E-state index is 3.78. The van der Waals surface area contributed by atoms with Crippen LogP contribution in [0.2, 0.25) is 0 Å². The quantitative estimate of drug-likeness (QED) is 0.201. The molecule has 0 N–H and O–H groups in total. The van der Waals surface area contributed by atoms with Crippen LogP contribution >= 0.6 is 31.9 Å². The largest absolute Gasteiger partial charge is 0.0654 e. The van der Waals surface area contributed by atoms with E-state index >= 15 is 0 Å². The van der Waals surface area contributed by atoms with Crippen molar-refractivity contribution in [1.82, 2.24) is 0 Å². The zero-order chi connectivity index (χ0) is 22.8. The highest BCUT2D eigenvalue weighted by atomic mass is 79.9. The molecule has 0 heterocycles. The Morgan fingerprint density at radius 3 is 1.31 bits per heavy atom. The summed E-state index contributed by atoms with van der Waals surface area (Å²) in [6.45, 7) is 4.61. The summed E-state index contributed by atoms with van der Waals surface area (Å²) in [5, 5.41) is 0. The normalized spacial score (nSPS) is 17.2. The van der Waals surface area contributed by atoms with Gasteiger partial charge in [0.25, 0.3) is 0 Å². The van der Waals surface area contributed by atoms with Gasteiger partial charge in [-0.25, -0.2) is 0 Å². The summed E-state index contributed by atoms with van der Waals surface area (Å²) in [5.74, 6) is 1.29. The zero-order valence-electron chi connectivity index (χ0n) is 20.3. The number of rotatable bonds is 14. The van der Waals surface area contributed by atoms with E-state index in [1.807, 2.05) is 0 Å². The highest BCUT2D eigenvalue weighted by Gasteiger charge is 2.33. The summed E-state index contributed by atoms with van der Waals surface area (Å²) in [4.78, 5) is 0. The Bertz CT molecular complexity index is 756. The summed E-state index contributed by atoms with van der Waals surface area (Å²) < 4.78 is 2.45. The van der Waals surface area contributed by atoms with E-state index in [-0.39, 0.29) is 0 Å². The Hall–Kier alpha value is -0.600. The second kappa shape index (κ2) is 14.0. The molecule has 0 saturated heterocycles. The van der Waals surface area contributed by atoms with Gasteiger partial charge in [-0.2, -0.15) is 0 Å². The van der Waals surface area contributed by atoms with E-state index in [0.717, 1.165) is 0 Å². The topological polar surface area (TPSA) is 0 Å². The lowest BCUT2D eigenvalue weighted by Gasteiger charge is -2.36. The summed E-state index contributed by atoms with van der Waals surface area (Å²) in [6, 6.07) is 14.0. The van der Waals surface area contributed by atoms with Crippen molar-refractivity contribution in [1.29, 1.82) is 0 Å². The highest BCUT2D eigenvalue weighted by Crippen LogP contribution is 2.52. The number of unbranched alkanes of at least 4 members (excludes halogenated alkanes) is 10. The number of benzene rings is 2. The molecule has 32 heavy (non-hydrogen) atoms. The average molecular weight is 562 g/mol. The van der Waals surface area contributed by atoms with Gasteiger partial charge in [0.2, 0.25) is 0 Å². The van der Waals surface area contributed by atoms with E-state index in [2.05, 4.69) is 82.1 Å². The fourth-order valence-corrected chi connectivity index (χ4v) is 6.36. The molecule has 0 bridgehead atoms. The Morgan fingerprint density at radius 1 is 0.531 bits per heavy atom. The number of fused-ring (bicyclic) bond motifs is 3. The first-order valence-corrected chi connectivity index (χ1v) is 14.8. The van der Waals surface area contributed by atoms with Crippen molar-refractivity contribution in [2.75, 3.05) is 0 Å². The number of hydrogen-bond donors (Lipinski definition) is 0. The minimum Gasteiger partial charge on any atom is -0.0654 e. The van der Waals surface area contributed by atoms with E-state index < -0.39 is 0 Å². The lowest BCUT2D eigenvalue weighted by molar-refractivity contribution is 0.430. The van der Waals surface area contributed by atoms with Crippen LogP contribution in [0.4, 0.5) is 0 Å². The minimum atomic E-state index is 0.645. The van der Waals surface area contributed by atoms with Crippen molar-refractivity contribution in [3.05, 3.63) is 56.5 Å². The summed E-state index contributed by atoms with van der Waals surface area (Å²) >= 11 is 7.56. The molecule has 1 aliphatic rings. The Kier molecular flexibility index (Phi) is 11.3. The molecule has 1 aliphatic carbocycles. The summed E-state index contributed by atoms with van der Waals surface area (Å²) in [5.41, 5.74) is 6.09. The van der Waals surface area contributed by atoms with Crippen molar-refractivity contribution in [2.45, 2.75) is 116 Å². The van der Waals surface area contributed by atoms with Gasteiger partial charge in [0, 0.05) is 8.95 Å². The molecule has 176 valence electrons. The Labute approximate surface area is 214 Å². The third kappa shape index (κ3) is 7.20. The average Bonchev–Trinajstić information content (AvgIpc) is 2.79. The fraction of sp³-hybridized carbons (Fsp3) is 0.600.